The Hall–Kier alpha value is -4.42. The van der Waals surface area contributed by atoms with E-state index in [-0.39, 0.29) is 68.4 Å². The maximum atomic E-state index is 13.1. The van der Waals surface area contributed by atoms with Crippen LogP contribution in [0.2, 0.25) is 0 Å². The Morgan fingerprint density at radius 3 is 2.50 bits per heavy atom. The number of hydrogen-bond acceptors (Lipinski definition) is 8. The van der Waals surface area contributed by atoms with Crippen molar-refractivity contribution in [3.63, 3.8) is 0 Å². The lowest BCUT2D eigenvalue weighted by molar-refractivity contribution is -0.136. The molecule has 2 aliphatic rings. The Morgan fingerprint density at radius 2 is 1.83 bits per heavy atom. The lowest BCUT2D eigenvalue weighted by atomic mass is 10.0. The van der Waals surface area contributed by atoms with Gasteiger partial charge in [-0.3, -0.25) is 24.0 Å². The lowest BCUT2D eigenvalue weighted by Gasteiger charge is -2.26. The number of carbonyl (C=O) groups excluding carboxylic acids is 5. The Bertz CT molecular complexity index is 1240. The summed E-state index contributed by atoms with van der Waals surface area (Å²) in [5.74, 6) is -0.838. The minimum absolute atomic E-state index is 0.0494. The van der Waals surface area contributed by atoms with Crippen LogP contribution in [0.15, 0.2) is 34.9 Å². The fourth-order valence-corrected chi connectivity index (χ4v) is 4.35. The molecule has 4 N–H and O–H groups in total. The van der Waals surface area contributed by atoms with Crippen LogP contribution >= 0.6 is 0 Å². The molecule has 13 nitrogen and oxygen atoms in total. The number of carbonyl (C=O) groups is 5. The van der Waals surface area contributed by atoms with E-state index in [2.05, 4.69) is 26.4 Å². The fraction of sp³-hybridized carbons (Fsp3) is 0.517. The van der Waals surface area contributed by atoms with Crippen molar-refractivity contribution in [3.8, 4) is 5.75 Å². The molecule has 0 saturated heterocycles. The standard InChI is InChI=1S/C29H40N6O7/c1-18(2)14-24-29(40)35(4)13-12-30-26(37)17-41-21-9-7-20(8-10-21)16-22(27(38)31-11-5-6-25(36)32-24)33-28(39)23-15-19(3)42-34-23/h7-10,15,18,22,24H,5-6,11-14,16-17H2,1-4H3,(H,30,37)(H,31,38)(H,32,36)(H,33,39)/t22-,24-/m0/s1. The molecule has 42 heavy (non-hydrogen) atoms. The highest BCUT2D eigenvalue weighted by atomic mass is 16.5. The summed E-state index contributed by atoms with van der Waals surface area (Å²) in [5.41, 5.74) is 0.794. The van der Waals surface area contributed by atoms with Crippen molar-refractivity contribution < 1.29 is 33.2 Å². The lowest BCUT2D eigenvalue weighted by Crippen LogP contribution is -2.50. The number of rotatable bonds is 4. The van der Waals surface area contributed by atoms with Gasteiger partial charge >= 0.3 is 0 Å². The van der Waals surface area contributed by atoms with Crippen molar-refractivity contribution in [3.05, 3.63) is 47.3 Å². The molecule has 2 bridgehead atoms. The van der Waals surface area contributed by atoms with Gasteiger partial charge in [-0.2, -0.15) is 0 Å². The second-order valence-corrected chi connectivity index (χ2v) is 10.7. The summed E-state index contributed by atoms with van der Waals surface area (Å²) in [4.78, 5) is 65.4. The molecular weight excluding hydrogens is 544 g/mol. The van der Waals surface area contributed by atoms with Crippen LogP contribution in [0, 0.1) is 12.8 Å². The predicted molar refractivity (Wildman–Crippen MR) is 152 cm³/mol. The van der Waals surface area contributed by atoms with Crippen LogP contribution < -0.4 is 26.0 Å². The van der Waals surface area contributed by atoms with Crippen molar-refractivity contribution in [2.45, 2.75) is 58.5 Å². The smallest absolute Gasteiger partial charge is 0.274 e. The number of aromatic nitrogens is 1. The van der Waals surface area contributed by atoms with E-state index in [1.807, 2.05) is 13.8 Å². The fourth-order valence-electron chi connectivity index (χ4n) is 4.35. The minimum Gasteiger partial charge on any atom is -0.484 e. The third-order valence-corrected chi connectivity index (χ3v) is 6.58. The van der Waals surface area contributed by atoms with E-state index in [1.54, 1.807) is 38.2 Å². The third-order valence-electron chi connectivity index (χ3n) is 6.58. The summed E-state index contributed by atoms with van der Waals surface area (Å²) in [6, 6.07) is 6.64. The van der Waals surface area contributed by atoms with E-state index in [0.717, 1.165) is 5.56 Å². The van der Waals surface area contributed by atoms with E-state index in [4.69, 9.17) is 9.26 Å². The van der Waals surface area contributed by atoms with Gasteiger partial charge in [0.1, 0.15) is 23.6 Å². The largest absolute Gasteiger partial charge is 0.484 e. The van der Waals surface area contributed by atoms with Crippen molar-refractivity contribution in [2.75, 3.05) is 33.3 Å². The first-order chi connectivity index (χ1) is 20.0. The first-order valence-corrected chi connectivity index (χ1v) is 14.1. The van der Waals surface area contributed by atoms with Crippen LogP contribution in [0.4, 0.5) is 0 Å². The zero-order chi connectivity index (χ0) is 30.6. The molecule has 0 unspecified atom stereocenters. The molecule has 1 aromatic heterocycles. The Balaban J connectivity index is 1.75. The topological polar surface area (TPSA) is 172 Å². The molecular formula is C29H40N6O7. The summed E-state index contributed by atoms with van der Waals surface area (Å²) in [6.45, 7) is 6.05. The van der Waals surface area contributed by atoms with Gasteiger partial charge in [-0.15, -0.1) is 0 Å². The van der Waals surface area contributed by atoms with Gasteiger partial charge in [0.05, 0.1) is 0 Å². The van der Waals surface area contributed by atoms with E-state index >= 15 is 0 Å². The summed E-state index contributed by atoms with van der Waals surface area (Å²) in [5, 5.41) is 14.7. The molecule has 2 aromatic rings. The van der Waals surface area contributed by atoms with E-state index in [9.17, 15) is 24.0 Å². The summed E-state index contributed by atoms with van der Waals surface area (Å²) < 4.78 is 10.5. The Morgan fingerprint density at radius 1 is 1.10 bits per heavy atom. The molecule has 0 radical (unpaired) electrons. The predicted octanol–water partition coefficient (Wildman–Crippen LogP) is 0.718. The molecule has 2 atom stereocenters. The molecule has 2 aliphatic heterocycles. The highest BCUT2D eigenvalue weighted by molar-refractivity contribution is 5.96. The monoisotopic (exact) mass is 584 g/mol. The molecule has 0 saturated carbocycles. The SMILES string of the molecule is Cc1cc(C(=O)N[C@H]2Cc3ccc(cc3)OCC(=O)NCCN(C)C(=O)[C@H](CC(C)C)NC(=O)CCCNC2=O)no1. The third kappa shape index (κ3) is 10.2. The van der Waals surface area contributed by atoms with Crippen LogP contribution in [-0.2, 0) is 25.6 Å². The Kier molecular flexibility index (Phi) is 11.9. The molecule has 228 valence electrons. The summed E-state index contributed by atoms with van der Waals surface area (Å²) in [7, 11) is 1.62. The number of ether oxygens (including phenoxy) is 1. The van der Waals surface area contributed by atoms with Crippen molar-refractivity contribution in [1.82, 2.24) is 31.3 Å². The average Bonchev–Trinajstić information content (AvgIpc) is 3.39. The zero-order valence-electron chi connectivity index (χ0n) is 24.5. The van der Waals surface area contributed by atoms with Gasteiger partial charge in [0.2, 0.25) is 17.7 Å². The maximum Gasteiger partial charge on any atom is 0.274 e. The second kappa shape index (κ2) is 15.5. The quantitative estimate of drug-likeness (QED) is 0.381. The number of amides is 5. The number of likely N-dealkylation sites (N-methyl/N-ethyl adjacent to an activating group) is 1. The van der Waals surface area contributed by atoms with Gasteiger partial charge in [-0.25, -0.2) is 0 Å². The molecule has 0 fully saturated rings. The van der Waals surface area contributed by atoms with Crippen molar-refractivity contribution >= 4 is 29.5 Å². The van der Waals surface area contributed by atoms with Gasteiger partial charge in [-0.1, -0.05) is 31.1 Å². The molecule has 3 heterocycles. The highest BCUT2D eigenvalue weighted by Gasteiger charge is 2.26. The highest BCUT2D eigenvalue weighted by Crippen LogP contribution is 2.14. The molecule has 5 amide bonds. The van der Waals surface area contributed by atoms with E-state index in [1.165, 1.54) is 11.0 Å². The number of benzene rings is 1. The first-order valence-electron chi connectivity index (χ1n) is 14.1. The minimum atomic E-state index is -0.942. The summed E-state index contributed by atoms with van der Waals surface area (Å²) >= 11 is 0. The number of nitrogens with one attached hydrogen (secondary N) is 4. The number of nitrogens with zero attached hydrogens (tertiary/aromatic N) is 2. The van der Waals surface area contributed by atoms with Crippen LogP contribution in [0.25, 0.3) is 0 Å². The number of hydrogen-bond donors (Lipinski definition) is 4. The molecule has 1 aromatic carbocycles. The average molecular weight is 585 g/mol. The molecule has 0 spiro atoms. The van der Waals surface area contributed by atoms with Gasteiger partial charge < -0.3 is 35.4 Å². The number of fused-ring (bicyclic) bond motifs is 19. The van der Waals surface area contributed by atoms with Gasteiger partial charge in [0.25, 0.3) is 11.8 Å². The molecule has 4 rings (SSSR count). The van der Waals surface area contributed by atoms with Crippen molar-refractivity contribution in [2.24, 2.45) is 5.92 Å². The van der Waals surface area contributed by atoms with Crippen molar-refractivity contribution in [1.29, 1.82) is 0 Å². The van der Waals surface area contributed by atoms with E-state index < -0.39 is 23.9 Å². The van der Waals surface area contributed by atoms with Crippen LogP contribution in [-0.4, -0.2) is 85.0 Å². The normalized spacial score (nSPS) is 20.1. The number of aryl methyl sites for hydroxylation is 1. The van der Waals surface area contributed by atoms with Crippen LogP contribution in [0.1, 0.15) is 54.9 Å². The van der Waals surface area contributed by atoms with Gasteiger partial charge in [0, 0.05) is 45.6 Å². The molecule has 0 aliphatic carbocycles. The van der Waals surface area contributed by atoms with Crippen LogP contribution in [0.3, 0.4) is 0 Å². The molecule has 13 heteroatoms. The van der Waals surface area contributed by atoms with Gasteiger partial charge in [0.15, 0.2) is 12.3 Å². The first kappa shape index (κ1) is 32.1. The summed E-state index contributed by atoms with van der Waals surface area (Å²) in [6.07, 6.45) is 1.05. The van der Waals surface area contributed by atoms with E-state index in [0.29, 0.717) is 24.4 Å². The zero-order valence-corrected chi connectivity index (χ0v) is 24.5. The van der Waals surface area contributed by atoms with Gasteiger partial charge in [-0.05, 0) is 43.4 Å². The Labute approximate surface area is 245 Å². The van der Waals surface area contributed by atoms with Crippen LogP contribution in [0.5, 0.6) is 5.75 Å². The maximum absolute atomic E-state index is 13.1. The second-order valence-electron chi connectivity index (χ2n) is 10.7.